The van der Waals surface area contributed by atoms with Crippen LogP contribution in [0.1, 0.15) is 226 Å². The van der Waals surface area contributed by atoms with E-state index in [2.05, 4.69) is 142 Å². The molecule has 446 valence electrons. The maximum absolute atomic E-state index is 13.2. The lowest BCUT2D eigenvalue weighted by Gasteiger charge is -2.40. The van der Waals surface area contributed by atoms with E-state index in [9.17, 15) is 34.5 Å². The molecule has 12 heteroatoms. The Morgan fingerprint density at radius 3 is 1.24 bits per heavy atom. The van der Waals surface area contributed by atoms with Crippen LogP contribution in [0.4, 0.5) is 0 Å². The first kappa shape index (κ1) is 72.1. The van der Waals surface area contributed by atoms with Gasteiger partial charge in [-0.05, 0) is 128 Å². The van der Waals surface area contributed by atoms with Gasteiger partial charge in [0, 0.05) is 19.3 Å². The summed E-state index contributed by atoms with van der Waals surface area (Å²) in [5.41, 5.74) is 0. The molecule has 6 atom stereocenters. The lowest BCUT2D eigenvalue weighted by molar-refractivity contribution is -0.301. The lowest BCUT2D eigenvalue weighted by Crippen LogP contribution is -2.61. The number of carboxylic acids is 1. The molecule has 12 nitrogen and oxygen atoms in total. The van der Waals surface area contributed by atoms with Crippen molar-refractivity contribution >= 4 is 23.9 Å². The van der Waals surface area contributed by atoms with Gasteiger partial charge in [0.05, 0.1) is 6.61 Å². The second kappa shape index (κ2) is 53.7. The van der Waals surface area contributed by atoms with Crippen molar-refractivity contribution in [3.63, 3.8) is 0 Å². The zero-order valence-electron chi connectivity index (χ0n) is 49.1. The van der Waals surface area contributed by atoms with Gasteiger partial charge in [-0.15, -0.1) is 0 Å². The summed E-state index contributed by atoms with van der Waals surface area (Å²) < 4.78 is 28.4. The average Bonchev–Trinajstić information content (AvgIpc) is 3.46. The van der Waals surface area contributed by atoms with Crippen molar-refractivity contribution in [2.75, 3.05) is 13.2 Å². The highest BCUT2D eigenvalue weighted by Crippen LogP contribution is 2.26. The third-order valence-electron chi connectivity index (χ3n) is 13.0. The summed E-state index contributed by atoms with van der Waals surface area (Å²) in [5, 5.41) is 31.5. The molecule has 1 aliphatic rings. The minimum Gasteiger partial charge on any atom is -0.479 e. The lowest BCUT2D eigenvalue weighted by atomic mass is 9.98. The molecule has 0 aromatic rings. The summed E-state index contributed by atoms with van der Waals surface area (Å²) in [7, 11) is 0. The average molecular weight is 1100 g/mol. The number of aliphatic hydroxyl groups is 2. The van der Waals surface area contributed by atoms with Crippen LogP contribution in [0.15, 0.2) is 122 Å². The second-order valence-corrected chi connectivity index (χ2v) is 20.2. The van der Waals surface area contributed by atoms with E-state index < -0.39 is 67.3 Å². The molecule has 3 N–H and O–H groups in total. The van der Waals surface area contributed by atoms with Gasteiger partial charge in [0.15, 0.2) is 24.6 Å². The van der Waals surface area contributed by atoms with Crippen molar-refractivity contribution in [3.8, 4) is 0 Å². The highest BCUT2D eigenvalue weighted by molar-refractivity contribution is 5.74. The van der Waals surface area contributed by atoms with Gasteiger partial charge in [-0.25, -0.2) is 4.79 Å². The minimum absolute atomic E-state index is 0.00142. The first-order valence-electron chi connectivity index (χ1n) is 30.5. The van der Waals surface area contributed by atoms with E-state index in [-0.39, 0.29) is 25.9 Å². The smallest absolute Gasteiger partial charge is 0.335 e. The summed E-state index contributed by atoms with van der Waals surface area (Å²) in [5.74, 6) is -3.23. The first-order chi connectivity index (χ1) is 38.6. The molecule has 79 heavy (non-hydrogen) atoms. The number of aliphatic carboxylic acids is 1. The number of hydrogen-bond acceptors (Lipinski definition) is 11. The molecule has 0 bridgehead atoms. The number of allylic oxidation sites excluding steroid dienone is 20. The quantitative estimate of drug-likeness (QED) is 0.0228. The molecule has 1 saturated heterocycles. The van der Waals surface area contributed by atoms with Crippen molar-refractivity contribution in [2.24, 2.45) is 0 Å². The van der Waals surface area contributed by atoms with Crippen molar-refractivity contribution < 1.29 is 58.2 Å². The molecule has 1 rings (SSSR count). The van der Waals surface area contributed by atoms with Gasteiger partial charge in [-0.2, -0.15) is 0 Å². The number of rotatable bonds is 50. The number of unbranched alkanes of at least 4 members (excludes halogenated alkanes) is 16. The van der Waals surface area contributed by atoms with E-state index in [0.29, 0.717) is 25.7 Å². The van der Waals surface area contributed by atoms with Crippen molar-refractivity contribution in [1.29, 1.82) is 0 Å². The summed E-state index contributed by atoms with van der Waals surface area (Å²) in [6.07, 6.45) is 61.6. The number of hydrogen-bond donors (Lipinski definition) is 3. The molecule has 0 saturated carbocycles. The Labute approximate surface area is 478 Å². The molecular weight excluding hydrogens is 997 g/mol. The zero-order valence-corrected chi connectivity index (χ0v) is 49.1. The van der Waals surface area contributed by atoms with E-state index >= 15 is 0 Å². The Balaban J connectivity index is 2.74. The number of esters is 3. The fraction of sp³-hybridized carbons (Fsp3) is 0.642. The zero-order chi connectivity index (χ0) is 57.5. The predicted molar refractivity (Wildman–Crippen MR) is 321 cm³/mol. The van der Waals surface area contributed by atoms with Crippen LogP contribution in [0.3, 0.4) is 0 Å². The van der Waals surface area contributed by atoms with E-state index in [1.54, 1.807) is 0 Å². The van der Waals surface area contributed by atoms with Crippen LogP contribution >= 0.6 is 0 Å². The van der Waals surface area contributed by atoms with Gasteiger partial charge in [-0.3, -0.25) is 14.4 Å². The third-order valence-corrected chi connectivity index (χ3v) is 13.0. The van der Waals surface area contributed by atoms with Gasteiger partial charge in [0.1, 0.15) is 18.8 Å². The fourth-order valence-electron chi connectivity index (χ4n) is 8.38. The van der Waals surface area contributed by atoms with Crippen molar-refractivity contribution in [2.45, 2.75) is 263 Å². The predicted octanol–water partition coefficient (Wildman–Crippen LogP) is 16.0. The molecule has 1 aliphatic heterocycles. The normalized spacial score (nSPS) is 18.7. The van der Waals surface area contributed by atoms with Gasteiger partial charge >= 0.3 is 23.9 Å². The number of aliphatic hydroxyl groups excluding tert-OH is 2. The Morgan fingerprint density at radius 2 is 0.797 bits per heavy atom. The molecule has 0 aromatic heterocycles. The monoisotopic (exact) mass is 1100 g/mol. The molecular formula is C67H106O12. The summed E-state index contributed by atoms with van der Waals surface area (Å²) >= 11 is 0. The van der Waals surface area contributed by atoms with Crippen LogP contribution in [0.25, 0.3) is 0 Å². The van der Waals surface area contributed by atoms with Crippen molar-refractivity contribution in [3.05, 3.63) is 122 Å². The first-order valence-corrected chi connectivity index (χ1v) is 30.5. The standard InChI is InChI=1S/C67H106O12/c1-4-7-10-13-16-19-22-25-28-30-33-35-38-41-44-47-50-53-59(68)75-56-58(77-60(69)54-51-48-45-42-39-37-34-31-29-26-23-20-17-14-11-8-5-2)57-76-67-65(63(72)62(71)64(79-67)66(73)74)78-61(70)55-52-49-46-43-40-36-32-27-24-21-18-15-12-9-6-3/h7,9-10,12,16-21,25-29,32-33,35,40,43,58,62-65,67,71-72H,4-6,8,11,13-15,22-24,30-31,34,36-39,41-42,44-57H2,1-3H3,(H,73,74)/b10-7-,12-9-,19-16-,20-17-,21-18-,28-25-,29-26-,32-27-,35-33-,43-40-. The van der Waals surface area contributed by atoms with Crippen LogP contribution in [-0.4, -0.2) is 89.2 Å². The Morgan fingerprint density at radius 1 is 0.430 bits per heavy atom. The Bertz CT molecular complexity index is 1840. The molecule has 0 aromatic carbocycles. The SMILES string of the molecule is CC/C=C\C/C=C\C/C=C\C/C=C\CCCCCCC(=O)OCC(COC1OC(C(=O)O)C(O)C(O)C1OC(=O)CCCC/C=C\C/C=C\C/C=C\C/C=C\CC)OC(=O)CCCCCCCCC/C=C\C/C=C\CCCCC. The molecule has 0 aliphatic carbocycles. The number of carbonyl (C=O) groups excluding carboxylic acids is 3. The topological polar surface area (TPSA) is 175 Å². The fourth-order valence-corrected chi connectivity index (χ4v) is 8.38. The van der Waals surface area contributed by atoms with E-state index in [4.69, 9.17) is 23.7 Å². The molecule has 6 unspecified atom stereocenters. The highest BCUT2D eigenvalue weighted by Gasteiger charge is 2.50. The van der Waals surface area contributed by atoms with Crippen LogP contribution < -0.4 is 0 Å². The number of carboxylic acid groups (broad SMARTS) is 1. The second-order valence-electron chi connectivity index (χ2n) is 20.2. The van der Waals surface area contributed by atoms with Crippen LogP contribution in [-0.2, 0) is 42.9 Å². The number of carbonyl (C=O) groups is 4. The summed E-state index contributed by atoms with van der Waals surface area (Å²) in [4.78, 5) is 51.2. The summed E-state index contributed by atoms with van der Waals surface area (Å²) in [6, 6.07) is 0. The molecule has 1 heterocycles. The molecule has 1 fully saturated rings. The van der Waals surface area contributed by atoms with Gasteiger partial charge < -0.3 is 39.0 Å². The molecule has 0 amide bonds. The van der Waals surface area contributed by atoms with Crippen LogP contribution in [0.2, 0.25) is 0 Å². The van der Waals surface area contributed by atoms with Crippen LogP contribution in [0, 0.1) is 0 Å². The molecule has 0 spiro atoms. The van der Waals surface area contributed by atoms with E-state index in [0.717, 1.165) is 141 Å². The third kappa shape index (κ3) is 43.6. The largest absolute Gasteiger partial charge is 0.479 e. The highest BCUT2D eigenvalue weighted by atomic mass is 16.7. The van der Waals surface area contributed by atoms with E-state index in [1.807, 2.05) is 0 Å². The minimum atomic E-state index is -1.93. The maximum Gasteiger partial charge on any atom is 0.335 e. The van der Waals surface area contributed by atoms with Gasteiger partial charge in [-0.1, -0.05) is 200 Å². The van der Waals surface area contributed by atoms with Gasteiger partial charge in [0.2, 0.25) is 0 Å². The number of ether oxygens (including phenoxy) is 5. The maximum atomic E-state index is 13.2. The van der Waals surface area contributed by atoms with Crippen LogP contribution in [0.5, 0.6) is 0 Å². The van der Waals surface area contributed by atoms with Gasteiger partial charge in [0.25, 0.3) is 0 Å². The van der Waals surface area contributed by atoms with E-state index in [1.165, 1.54) is 19.3 Å². The van der Waals surface area contributed by atoms with Crippen molar-refractivity contribution in [1.82, 2.24) is 0 Å². The Hall–Kier alpha value is -4.88. The Kier molecular flexibility index (Phi) is 49.1. The summed E-state index contributed by atoms with van der Waals surface area (Å²) in [6.45, 7) is 5.69. The molecule has 0 radical (unpaired) electrons.